The van der Waals surface area contributed by atoms with Crippen molar-refractivity contribution in [2.24, 2.45) is 5.73 Å². The zero-order valence-corrected chi connectivity index (χ0v) is 11.2. The number of rotatable bonds is 4. The molecule has 1 aromatic heterocycles. The largest absolute Gasteiger partial charge is 0.369 e. The molecule has 2 rings (SSSR count). The number of nitrogens with zero attached hydrogens (tertiary/aromatic N) is 2. The Hall–Kier alpha value is -2.58. The van der Waals surface area contributed by atoms with Crippen molar-refractivity contribution in [2.75, 3.05) is 5.32 Å². The highest BCUT2D eigenvalue weighted by Gasteiger charge is 2.04. The minimum absolute atomic E-state index is 0.169. The number of halogens is 1. The van der Waals surface area contributed by atoms with Gasteiger partial charge in [0.1, 0.15) is 11.9 Å². The summed E-state index contributed by atoms with van der Waals surface area (Å²) < 4.78 is 0. The lowest BCUT2D eigenvalue weighted by Gasteiger charge is -2.07. The molecule has 0 radical (unpaired) electrons. The topological polar surface area (TPSA) is 91.8 Å². The zero-order valence-electron chi connectivity index (χ0n) is 10.4. The number of nitrogens with one attached hydrogen (secondary N) is 1. The monoisotopic (exact) mass is 286 g/mol. The van der Waals surface area contributed by atoms with Crippen LogP contribution in [0.4, 0.5) is 11.5 Å². The minimum Gasteiger partial charge on any atom is -0.369 e. The number of aromatic nitrogens is 1. The Kier molecular flexibility index (Phi) is 4.18. The number of carbonyl (C=O) groups excluding carboxylic acids is 1. The summed E-state index contributed by atoms with van der Waals surface area (Å²) in [6, 6.07) is 12.4. The summed E-state index contributed by atoms with van der Waals surface area (Å²) in [4.78, 5) is 14.9. The number of hydrogen-bond acceptors (Lipinski definition) is 4. The molecule has 0 aliphatic heterocycles. The summed E-state index contributed by atoms with van der Waals surface area (Å²) in [6.07, 6.45) is 0.206. The number of nitriles is 1. The van der Waals surface area contributed by atoms with E-state index in [9.17, 15) is 4.79 Å². The lowest BCUT2D eigenvalue weighted by molar-refractivity contribution is -0.117. The molecule has 0 atom stereocenters. The Labute approximate surface area is 121 Å². The third kappa shape index (κ3) is 3.46. The van der Waals surface area contributed by atoms with E-state index in [1.165, 1.54) is 0 Å². The maximum atomic E-state index is 10.8. The molecule has 1 heterocycles. The molecular weight excluding hydrogens is 276 g/mol. The van der Waals surface area contributed by atoms with Gasteiger partial charge in [-0.15, -0.1) is 0 Å². The van der Waals surface area contributed by atoms with Gasteiger partial charge in [-0.2, -0.15) is 5.26 Å². The number of carbonyl (C=O) groups is 1. The summed E-state index contributed by atoms with van der Waals surface area (Å²) in [6.45, 7) is 0. The van der Waals surface area contributed by atoms with Crippen LogP contribution in [-0.4, -0.2) is 10.9 Å². The number of primary amides is 1. The van der Waals surface area contributed by atoms with Gasteiger partial charge < -0.3 is 11.1 Å². The first-order chi connectivity index (χ1) is 9.58. The third-order valence-electron chi connectivity index (χ3n) is 2.56. The molecule has 0 fully saturated rings. The molecular formula is C14H11ClN4O. The fourth-order valence-corrected chi connectivity index (χ4v) is 1.79. The molecule has 1 aromatic carbocycles. The van der Waals surface area contributed by atoms with Crippen molar-refractivity contribution < 1.29 is 4.79 Å². The lowest BCUT2D eigenvalue weighted by Crippen LogP contribution is -2.13. The van der Waals surface area contributed by atoms with Crippen molar-refractivity contribution in [3.8, 4) is 6.07 Å². The third-order valence-corrected chi connectivity index (χ3v) is 2.86. The number of hydrogen-bond donors (Lipinski definition) is 2. The molecule has 0 aliphatic rings. The standard InChI is InChI=1S/C14H11ClN4O/c15-11-5-6-14(19-12(11)8-16)18-10-3-1-9(2-4-10)7-13(17)20/h1-6H,7H2,(H2,17,20)(H,18,19). The average Bonchev–Trinajstić information content (AvgIpc) is 2.42. The average molecular weight is 287 g/mol. The van der Waals surface area contributed by atoms with E-state index in [2.05, 4.69) is 10.3 Å². The molecule has 0 saturated heterocycles. The van der Waals surface area contributed by atoms with Crippen LogP contribution < -0.4 is 11.1 Å². The Morgan fingerprint density at radius 2 is 2.00 bits per heavy atom. The SMILES string of the molecule is N#Cc1nc(Nc2ccc(CC(N)=O)cc2)ccc1Cl. The maximum absolute atomic E-state index is 10.8. The molecule has 5 nitrogen and oxygen atoms in total. The smallest absolute Gasteiger partial charge is 0.221 e. The van der Waals surface area contributed by atoms with Crippen LogP contribution in [0.15, 0.2) is 36.4 Å². The number of pyridine rings is 1. The van der Waals surface area contributed by atoms with Gasteiger partial charge in [-0.25, -0.2) is 4.98 Å². The molecule has 100 valence electrons. The normalized spacial score (nSPS) is 9.80. The van der Waals surface area contributed by atoms with E-state index in [1.807, 2.05) is 6.07 Å². The fraction of sp³-hybridized carbons (Fsp3) is 0.0714. The molecule has 6 heteroatoms. The van der Waals surface area contributed by atoms with Crippen LogP contribution in [0.5, 0.6) is 0 Å². The Bertz CT molecular complexity index is 677. The summed E-state index contributed by atoms with van der Waals surface area (Å²) in [5, 5.41) is 12.2. The molecule has 20 heavy (non-hydrogen) atoms. The van der Waals surface area contributed by atoms with Gasteiger partial charge in [-0.05, 0) is 29.8 Å². The Morgan fingerprint density at radius 1 is 1.30 bits per heavy atom. The first kappa shape index (κ1) is 13.8. The molecule has 3 N–H and O–H groups in total. The highest BCUT2D eigenvalue weighted by Crippen LogP contribution is 2.19. The second-order valence-corrected chi connectivity index (χ2v) is 4.51. The van der Waals surface area contributed by atoms with Crippen molar-refractivity contribution in [1.29, 1.82) is 5.26 Å². The fourth-order valence-electron chi connectivity index (χ4n) is 1.65. The van der Waals surface area contributed by atoms with Gasteiger partial charge in [0.2, 0.25) is 5.91 Å². The van der Waals surface area contributed by atoms with E-state index in [1.54, 1.807) is 36.4 Å². The van der Waals surface area contributed by atoms with Crippen LogP contribution in [-0.2, 0) is 11.2 Å². The summed E-state index contributed by atoms with van der Waals surface area (Å²) in [7, 11) is 0. The molecule has 2 aromatic rings. The second kappa shape index (κ2) is 6.04. The van der Waals surface area contributed by atoms with E-state index in [4.69, 9.17) is 22.6 Å². The number of nitrogens with two attached hydrogens (primary N) is 1. The predicted octanol–water partition coefficient (Wildman–Crippen LogP) is 2.38. The van der Waals surface area contributed by atoms with E-state index in [0.29, 0.717) is 10.8 Å². The quantitative estimate of drug-likeness (QED) is 0.902. The molecule has 0 aliphatic carbocycles. The number of benzene rings is 1. The van der Waals surface area contributed by atoms with Gasteiger partial charge >= 0.3 is 0 Å². The van der Waals surface area contributed by atoms with Crippen LogP contribution in [0.3, 0.4) is 0 Å². The second-order valence-electron chi connectivity index (χ2n) is 4.10. The first-order valence-corrected chi connectivity index (χ1v) is 6.17. The first-order valence-electron chi connectivity index (χ1n) is 5.79. The highest BCUT2D eigenvalue weighted by atomic mass is 35.5. The molecule has 0 unspecified atom stereocenters. The van der Waals surface area contributed by atoms with Crippen molar-refractivity contribution >= 4 is 29.0 Å². The van der Waals surface area contributed by atoms with E-state index >= 15 is 0 Å². The van der Waals surface area contributed by atoms with Gasteiger partial charge in [0.25, 0.3) is 0 Å². The van der Waals surface area contributed by atoms with Crippen molar-refractivity contribution in [1.82, 2.24) is 4.98 Å². The van der Waals surface area contributed by atoms with E-state index in [-0.39, 0.29) is 18.0 Å². The van der Waals surface area contributed by atoms with Gasteiger partial charge in [-0.1, -0.05) is 23.7 Å². The number of anilines is 2. The van der Waals surface area contributed by atoms with E-state index in [0.717, 1.165) is 11.3 Å². The van der Waals surface area contributed by atoms with Gasteiger partial charge in [-0.3, -0.25) is 4.79 Å². The summed E-state index contributed by atoms with van der Waals surface area (Å²) in [5.41, 5.74) is 6.92. The van der Waals surface area contributed by atoms with E-state index < -0.39 is 0 Å². The van der Waals surface area contributed by atoms with Gasteiger partial charge in [0.05, 0.1) is 11.4 Å². The van der Waals surface area contributed by atoms with Crippen molar-refractivity contribution in [3.05, 3.63) is 52.7 Å². The minimum atomic E-state index is -0.372. The van der Waals surface area contributed by atoms with Crippen LogP contribution in [0.1, 0.15) is 11.3 Å². The molecule has 0 bridgehead atoms. The highest BCUT2D eigenvalue weighted by molar-refractivity contribution is 6.31. The van der Waals surface area contributed by atoms with Gasteiger partial charge in [0, 0.05) is 5.69 Å². The Morgan fingerprint density at radius 3 is 2.60 bits per heavy atom. The summed E-state index contributed by atoms with van der Waals surface area (Å²) >= 11 is 5.81. The van der Waals surface area contributed by atoms with Gasteiger partial charge in [0.15, 0.2) is 5.69 Å². The lowest BCUT2D eigenvalue weighted by atomic mass is 10.1. The summed E-state index contributed by atoms with van der Waals surface area (Å²) in [5.74, 6) is 0.150. The van der Waals surface area contributed by atoms with Crippen molar-refractivity contribution in [3.63, 3.8) is 0 Å². The molecule has 0 spiro atoms. The maximum Gasteiger partial charge on any atom is 0.221 e. The number of amides is 1. The Balaban J connectivity index is 2.14. The van der Waals surface area contributed by atoms with Crippen molar-refractivity contribution in [2.45, 2.75) is 6.42 Å². The molecule has 0 saturated carbocycles. The van der Waals surface area contributed by atoms with Crippen LogP contribution in [0.2, 0.25) is 5.02 Å². The zero-order chi connectivity index (χ0) is 14.5. The van der Waals surface area contributed by atoms with Crippen LogP contribution in [0.25, 0.3) is 0 Å². The van der Waals surface area contributed by atoms with Crippen LogP contribution >= 0.6 is 11.6 Å². The molecule has 1 amide bonds. The predicted molar refractivity (Wildman–Crippen MR) is 76.6 cm³/mol. The van der Waals surface area contributed by atoms with Crippen LogP contribution in [0, 0.1) is 11.3 Å².